The van der Waals surface area contributed by atoms with Gasteiger partial charge in [0.25, 0.3) is 0 Å². The van der Waals surface area contributed by atoms with Crippen molar-refractivity contribution in [3.05, 3.63) is 0 Å². The van der Waals surface area contributed by atoms with Crippen LogP contribution in [0.4, 0.5) is 0 Å². The maximum atomic E-state index is 3.43. The molecule has 1 saturated carbocycles. The first kappa shape index (κ1) is 8.06. The number of hydrogen-bond acceptors (Lipinski definition) is 1. The summed E-state index contributed by atoms with van der Waals surface area (Å²) in [7, 11) is 2.09. The molecule has 0 aromatic heterocycles. The molecular weight excluding hydrogens is 122 g/mol. The highest BCUT2D eigenvalue weighted by Crippen LogP contribution is 2.32. The van der Waals surface area contributed by atoms with Crippen LogP contribution in [0.3, 0.4) is 0 Å². The van der Waals surface area contributed by atoms with Crippen molar-refractivity contribution in [2.45, 2.75) is 45.1 Å². The average Bonchev–Trinajstić information content (AvgIpc) is 1.96. The summed E-state index contributed by atoms with van der Waals surface area (Å²) in [4.78, 5) is 0. The molecule has 0 unspecified atom stereocenters. The zero-order valence-corrected chi connectivity index (χ0v) is 7.41. The Bertz CT molecular complexity index is 111. The molecule has 1 N–H and O–H groups in total. The third-order valence-corrected chi connectivity index (χ3v) is 3.24. The molecule has 0 amide bonds. The van der Waals surface area contributed by atoms with Crippen LogP contribution in [0.1, 0.15) is 39.5 Å². The lowest BCUT2D eigenvalue weighted by Gasteiger charge is -2.39. The molecule has 0 spiro atoms. The van der Waals surface area contributed by atoms with E-state index < -0.39 is 0 Å². The summed E-state index contributed by atoms with van der Waals surface area (Å²) in [6.07, 6.45) is 5.59. The Hall–Kier alpha value is -0.0400. The summed E-state index contributed by atoms with van der Waals surface area (Å²) in [5.74, 6) is 0.853. The molecule has 0 aliphatic heterocycles. The van der Waals surface area contributed by atoms with Crippen LogP contribution in [0.25, 0.3) is 0 Å². The van der Waals surface area contributed by atoms with Crippen molar-refractivity contribution in [1.82, 2.24) is 5.32 Å². The van der Waals surface area contributed by atoms with Gasteiger partial charge in [0, 0.05) is 5.54 Å². The number of rotatable bonds is 1. The normalized spacial score (nSPS) is 41.7. The summed E-state index contributed by atoms with van der Waals surface area (Å²) < 4.78 is 0. The fourth-order valence-corrected chi connectivity index (χ4v) is 1.88. The maximum absolute atomic E-state index is 3.43. The van der Waals surface area contributed by atoms with Crippen LogP contribution in [0.2, 0.25) is 0 Å². The Kier molecular flexibility index (Phi) is 2.35. The number of hydrogen-bond donors (Lipinski definition) is 1. The molecule has 0 bridgehead atoms. The van der Waals surface area contributed by atoms with Crippen molar-refractivity contribution in [1.29, 1.82) is 0 Å². The Balaban J connectivity index is 2.54. The second kappa shape index (κ2) is 2.91. The predicted molar refractivity (Wildman–Crippen MR) is 45.1 cm³/mol. The first-order valence-electron chi connectivity index (χ1n) is 4.38. The summed E-state index contributed by atoms with van der Waals surface area (Å²) in [6.45, 7) is 4.70. The lowest BCUT2D eigenvalue weighted by molar-refractivity contribution is 0.186. The standard InChI is InChI=1S/C9H19N/c1-8-6-4-5-7-9(8,2)10-3/h8,10H,4-7H2,1-3H3/t8-,9+/m0/s1. The molecule has 1 rings (SSSR count). The third-order valence-electron chi connectivity index (χ3n) is 3.24. The quantitative estimate of drug-likeness (QED) is 0.590. The van der Waals surface area contributed by atoms with Crippen LogP contribution in [-0.4, -0.2) is 12.6 Å². The summed E-state index contributed by atoms with van der Waals surface area (Å²) in [5, 5.41) is 3.43. The highest BCUT2D eigenvalue weighted by molar-refractivity contribution is 4.89. The molecule has 1 heteroatoms. The fourth-order valence-electron chi connectivity index (χ4n) is 1.88. The van der Waals surface area contributed by atoms with Crippen molar-refractivity contribution in [3.8, 4) is 0 Å². The lowest BCUT2D eigenvalue weighted by atomic mass is 9.75. The molecule has 0 aromatic carbocycles. The maximum Gasteiger partial charge on any atom is 0.0175 e. The smallest absolute Gasteiger partial charge is 0.0175 e. The second-order valence-corrected chi connectivity index (χ2v) is 3.81. The molecule has 1 fully saturated rings. The Morgan fingerprint density at radius 2 is 2.10 bits per heavy atom. The van der Waals surface area contributed by atoms with Gasteiger partial charge >= 0.3 is 0 Å². The largest absolute Gasteiger partial charge is 0.314 e. The van der Waals surface area contributed by atoms with Crippen LogP contribution in [0, 0.1) is 5.92 Å². The van der Waals surface area contributed by atoms with Gasteiger partial charge < -0.3 is 5.32 Å². The second-order valence-electron chi connectivity index (χ2n) is 3.81. The Labute approximate surface area is 64.2 Å². The van der Waals surface area contributed by atoms with Gasteiger partial charge in [0.15, 0.2) is 0 Å². The van der Waals surface area contributed by atoms with E-state index >= 15 is 0 Å². The minimum atomic E-state index is 0.429. The first-order chi connectivity index (χ1) is 4.69. The summed E-state index contributed by atoms with van der Waals surface area (Å²) in [5.41, 5.74) is 0.429. The molecule has 1 aliphatic carbocycles. The van der Waals surface area contributed by atoms with E-state index in [-0.39, 0.29) is 0 Å². The van der Waals surface area contributed by atoms with Gasteiger partial charge in [-0.15, -0.1) is 0 Å². The molecule has 0 radical (unpaired) electrons. The molecular formula is C9H19N. The van der Waals surface area contributed by atoms with E-state index in [4.69, 9.17) is 0 Å². The van der Waals surface area contributed by atoms with Crippen molar-refractivity contribution in [3.63, 3.8) is 0 Å². The molecule has 10 heavy (non-hydrogen) atoms. The van der Waals surface area contributed by atoms with Crippen LogP contribution >= 0.6 is 0 Å². The third kappa shape index (κ3) is 1.34. The van der Waals surface area contributed by atoms with Gasteiger partial charge in [-0.25, -0.2) is 0 Å². The Morgan fingerprint density at radius 1 is 1.40 bits per heavy atom. The average molecular weight is 141 g/mol. The van der Waals surface area contributed by atoms with Gasteiger partial charge in [-0.3, -0.25) is 0 Å². The van der Waals surface area contributed by atoms with Gasteiger partial charge in [0.2, 0.25) is 0 Å². The van der Waals surface area contributed by atoms with E-state index in [9.17, 15) is 0 Å². The van der Waals surface area contributed by atoms with Gasteiger partial charge in [0.05, 0.1) is 0 Å². The van der Waals surface area contributed by atoms with E-state index in [0.717, 1.165) is 5.92 Å². The predicted octanol–water partition coefficient (Wildman–Crippen LogP) is 2.17. The molecule has 2 atom stereocenters. The highest BCUT2D eigenvalue weighted by atomic mass is 14.9. The minimum absolute atomic E-state index is 0.429. The van der Waals surface area contributed by atoms with Gasteiger partial charge in [-0.1, -0.05) is 19.8 Å². The van der Waals surface area contributed by atoms with Crippen molar-refractivity contribution >= 4 is 0 Å². The molecule has 1 aliphatic rings. The highest BCUT2D eigenvalue weighted by Gasteiger charge is 2.31. The summed E-state index contributed by atoms with van der Waals surface area (Å²) >= 11 is 0. The molecule has 60 valence electrons. The van der Waals surface area contributed by atoms with E-state index in [0.29, 0.717) is 5.54 Å². The molecule has 0 heterocycles. The van der Waals surface area contributed by atoms with Crippen molar-refractivity contribution in [2.24, 2.45) is 5.92 Å². The Morgan fingerprint density at radius 3 is 2.50 bits per heavy atom. The van der Waals surface area contributed by atoms with Crippen molar-refractivity contribution < 1.29 is 0 Å². The zero-order valence-electron chi connectivity index (χ0n) is 7.41. The van der Waals surface area contributed by atoms with E-state index in [2.05, 4.69) is 26.2 Å². The molecule has 0 aromatic rings. The van der Waals surface area contributed by atoms with Gasteiger partial charge in [0.1, 0.15) is 0 Å². The monoisotopic (exact) mass is 141 g/mol. The number of nitrogens with one attached hydrogen (secondary N) is 1. The van der Waals surface area contributed by atoms with E-state index in [1.54, 1.807) is 0 Å². The molecule has 0 saturated heterocycles. The van der Waals surface area contributed by atoms with E-state index in [1.807, 2.05) is 0 Å². The minimum Gasteiger partial charge on any atom is -0.314 e. The van der Waals surface area contributed by atoms with Crippen LogP contribution in [0.15, 0.2) is 0 Å². The fraction of sp³-hybridized carbons (Fsp3) is 1.00. The van der Waals surface area contributed by atoms with Crippen LogP contribution in [0.5, 0.6) is 0 Å². The lowest BCUT2D eigenvalue weighted by Crippen LogP contribution is -2.47. The van der Waals surface area contributed by atoms with Crippen LogP contribution in [-0.2, 0) is 0 Å². The zero-order chi connectivity index (χ0) is 7.61. The first-order valence-corrected chi connectivity index (χ1v) is 4.38. The SMILES string of the molecule is CN[C@]1(C)CCCC[C@@H]1C. The van der Waals surface area contributed by atoms with Crippen LogP contribution < -0.4 is 5.32 Å². The topological polar surface area (TPSA) is 12.0 Å². The van der Waals surface area contributed by atoms with E-state index in [1.165, 1.54) is 25.7 Å². The molecule has 1 nitrogen and oxygen atoms in total. The van der Waals surface area contributed by atoms with Gasteiger partial charge in [-0.2, -0.15) is 0 Å². The van der Waals surface area contributed by atoms with Crippen molar-refractivity contribution in [2.75, 3.05) is 7.05 Å². The van der Waals surface area contributed by atoms with Gasteiger partial charge in [-0.05, 0) is 32.7 Å². The summed E-state index contributed by atoms with van der Waals surface area (Å²) in [6, 6.07) is 0.